The minimum Gasteiger partial charge on any atom is -0.481 e. The van der Waals surface area contributed by atoms with Gasteiger partial charge in [0.05, 0.1) is 5.41 Å². The summed E-state index contributed by atoms with van der Waals surface area (Å²) < 4.78 is 5.05. The van der Waals surface area contributed by atoms with Crippen molar-refractivity contribution in [3.8, 4) is 0 Å². The highest BCUT2D eigenvalue weighted by Gasteiger charge is 2.34. The molecule has 1 rings (SSSR count). The van der Waals surface area contributed by atoms with Crippen LogP contribution >= 0.6 is 0 Å². The Bertz CT molecular complexity index is 137. The van der Waals surface area contributed by atoms with E-state index >= 15 is 0 Å². The second-order valence-corrected chi connectivity index (χ2v) is 2.98. The first-order valence-electron chi connectivity index (χ1n) is 4.46. The molecule has 3 heteroatoms. The molecule has 0 aromatic rings. The Hall–Kier alpha value is -0.570. The van der Waals surface area contributed by atoms with Crippen LogP contribution in [0.2, 0.25) is 0 Å². The zero-order chi connectivity index (χ0) is 9.61. The number of carboxylic acid groups (broad SMARTS) is 1. The minimum atomic E-state index is -0.698. The molecule has 0 amide bonds. The van der Waals surface area contributed by atoms with Gasteiger partial charge < -0.3 is 9.84 Å². The molecule has 3 nitrogen and oxygen atoms in total. The van der Waals surface area contributed by atoms with Crippen LogP contribution in [0.5, 0.6) is 0 Å². The van der Waals surface area contributed by atoms with Crippen LogP contribution in [0.4, 0.5) is 0 Å². The van der Waals surface area contributed by atoms with Gasteiger partial charge in [0.25, 0.3) is 0 Å². The van der Waals surface area contributed by atoms with Crippen molar-refractivity contribution in [1.82, 2.24) is 0 Å². The molecule has 1 saturated heterocycles. The normalized spacial score (nSPS) is 20.6. The topological polar surface area (TPSA) is 46.5 Å². The Morgan fingerprint density at radius 1 is 1.33 bits per heavy atom. The summed E-state index contributed by atoms with van der Waals surface area (Å²) in [5, 5.41) is 8.74. The maximum Gasteiger partial charge on any atom is 0.309 e. The van der Waals surface area contributed by atoms with Crippen molar-refractivity contribution < 1.29 is 14.6 Å². The third-order valence-electron chi connectivity index (χ3n) is 2.11. The number of carbonyl (C=O) groups is 1. The third-order valence-corrected chi connectivity index (χ3v) is 2.11. The monoisotopic (exact) mass is 174 g/mol. The number of aliphatic carboxylic acids is 1. The lowest BCUT2D eigenvalue weighted by atomic mass is 9.83. The zero-order valence-electron chi connectivity index (χ0n) is 8.09. The molecule has 1 fully saturated rings. The van der Waals surface area contributed by atoms with Crippen LogP contribution in [0.1, 0.15) is 33.6 Å². The van der Waals surface area contributed by atoms with Crippen LogP contribution in [0.25, 0.3) is 0 Å². The highest BCUT2D eigenvalue weighted by Crippen LogP contribution is 2.29. The predicted octanol–water partition coefficient (Wildman–Crippen LogP) is 1.91. The van der Waals surface area contributed by atoms with E-state index < -0.39 is 11.4 Å². The molecule has 0 aromatic carbocycles. The molecule has 0 atom stereocenters. The lowest BCUT2D eigenvalue weighted by Gasteiger charge is -2.28. The molecule has 1 aliphatic rings. The van der Waals surface area contributed by atoms with Gasteiger partial charge in [-0.3, -0.25) is 4.79 Å². The van der Waals surface area contributed by atoms with E-state index in [1.807, 2.05) is 13.8 Å². The van der Waals surface area contributed by atoms with E-state index in [4.69, 9.17) is 9.84 Å². The Morgan fingerprint density at radius 3 is 2.00 bits per heavy atom. The molecule has 0 saturated carbocycles. The molecule has 0 spiro atoms. The average molecular weight is 174 g/mol. The fraction of sp³-hybridized carbons (Fsp3) is 0.889. The summed E-state index contributed by atoms with van der Waals surface area (Å²) in [5.74, 6) is -0.698. The summed E-state index contributed by atoms with van der Waals surface area (Å²) >= 11 is 0. The van der Waals surface area contributed by atoms with Gasteiger partial charge in [0.2, 0.25) is 0 Å². The van der Waals surface area contributed by atoms with Gasteiger partial charge in [0.15, 0.2) is 0 Å². The summed E-state index contributed by atoms with van der Waals surface area (Å²) in [6.07, 6.45) is 1.28. The largest absolute Gasteiger partial charge is 0.481 e. The van der Waals surface area contributed by atoms with Crippen molar-refractivity contribution in [3.63, 3.8) is 0 Å². The minimum absolute atomic E-state index is 0.530. The second-order valence-electron chi connectivity index (χ2n) is 2.98. The molecule has 0 aromatic heterocycles. The second kappa shape index (κ2) is 5.14. The first-order valence-corrected chi connectivity index (χ1v) is 4.46. The van der Waals surface area contributed by atoms with Crippen molar-refractivity contribution in [2.24, 2.45) is 5.41 Å². The summed E-state index contributed by atoms with van der Waals surface area (Å²) in [6, 6.07) is 0. The molecule has 1 N–H and O–H groups in total. The fourth-order valence-corrected chi connectivity index (χ4v) is 1.04. The maximum absolute atomic E-state index is 10.6. The van der Waals surface area contributed by atoms with Crippen LogP contribution in [0.15, 0.2) is 0 Å². The lowest BCUT2D eigenvalue weighted by Crippen LogP contribution is -2.34. The van der Waals surface area contributed by atoms with Crippen molar-refractivity contribution in [1.29, 1.82) is 0 Å². The first kappa shape index (κ1) is 11.4. The van der Waals surface area contributed by atoms with Crippen molar-refractivity contribution >= 4 is 5.97 Å². The fourth-order valence-electron chi connectivity index (χ4n) is 1.04. The Kier molecular flexibility index (Phi) is 4.90. The number of hydrogen-bond acceptors (Lipinski definition) is 2. The van der Waals surface area contributed by atoms with Crippen LogP contribution in [0, 0.1) is 5.41 Å². The predicted molar refractivity (Wildman–Crippen MR) is 47.1 cm³/mol. The van der Waals surface area contributed by atoms with Crippen LogP contribution in [-0.4, -0.2) is 24.3 Å². The maximum atomic E-state index is 10.6. The average Bonchev–Trinajstić information content (AvgIpc) is 2.09. The molecule has 0 radical (unpaired) electrons. The highest BCUT2D eigenvalue weighted by atomic mass is 16.5. The van der Waals surface area contributed by atoms with Gasteiger partial charge in [0.1, 0.15) is 0 Å². The molecule has 12 heavy (non-hydrogen) atoms. The summed E-state index contributed by atoms with van der Waals surface area (Å²) in [5.41, 5.74) is -0.530. The molecule has 0 unspecified atom stereocenters. The SMILES string of the molecule is CC.CC1(C(=O)O)CCOCC1. The van der Waals surface area contributed by atoms with E-state index in [1.165, 1.54) is 0 Å². The smallest absolute Gasteiger partial charge is 0.309 e. The highest BCUT2D eigenvalue weighted by molar-refractivity contribution is 5.74. The van der Waals surface area contributed by atoms with Crippen LogP contribution in [-0.2, 0) is 9.53 Å². The van der Waals surface area contributed by atoms with E-state index in [2.05, 4.69) is 0 Å². The van der Waals surface area contributed by atoms with Crippen molar-refractivity contribution in [3.05, 3.63) is 0 Å². The van der Waals surface area contributed by atoms with Gasteiger partial charge in [-0.2, -0.15) is 0 Å². The van der Waals surface area contributed by atoms with E-state index in [-0.39, 0.29) is 0 Å². The Morgan fingerprint density at radius 2 is 1.75 bits per heavy atom. The quantitative estimate of drug-likeness (QED) is 0.660. The van der Waals surface area contributed by atoms with E-state index in [9.17, 15) is 4.79 Å². The summed E-state index contributed by atoms with van der Waals surface area (Å²) in [7, 11) is 0. The van der Waals surface area contributed by atoms with Gasteiger partial charge >= 0.3 is 5.97 Å². The van der Waals surface area contributed by atoms with Gasteiger partial charge in [-0.1, -0.05) is 13.8 Å². The number of rotatable bonds is 1. The number of ether oxygens (including phenoxy) is 1. The molecule has 0 bridgehead atoms. The van der Waals surface area contributed by atoms with E-state index in [0.29, 0.717) is 26.1 Å². The summed E-state index contributed by atoms with van der Waals surface area (Å²) in [4.78, 5) is 10.6. The molecule has 0 aliphatic carbocycles. The van der Waals surface area contributed by atoms with Gasteiger partial charge in [-0.05, 0) is 19.8 Å². The van der Waals surface area contributed by atoms with Gasteiger partial charge in [-0.15, -0.1) is 0 Å². The van der Waals surface area contributed by atoms with Gasteiger partial charge in [-0.25, -0.2) is 0 Å². The summed E-state index contributed by atoms with van der Waals surface area (Å²) in [6.45, 7) is 6.95. The number of carboxylic acids is 1. The standard InChI is InChI=1S/C7H12O3.C2H6/c1-7(6(8)9)2-4-10-5-3-7;1-2/h2-5H2,1H3,(H,8,9);1-2H3. The Balaban J connectivity index is 0.000000561. The van der Waals surface area contributed by atoms with Crippen molar-refractivity contribution in [2.75, 3.05) is 13.2 Å². The lowest BCUT2D eigenvalue weighted by molar-refractivity contribution is -0.153. The Labute approximate surface area is 73.7 Å². The molecule has 72 valence electrons. The third kappa shape index (κ3) is 2.81. The first-order chi connectivity index (χ1) is 5.65. The van der Waals surface area contributed by atoms with Crippen LogP contribution < -0.4 is 0 Å². The molecule has 1 heterocycles. The van der Waals surface area contributed by atoms with Crippen molar-refractivity contribution in [2.45, 2.75) is 33.6 Å². The molecular formula is C9H18O3. The number of hydrogen-bond donors (Lipinski definition) is 1. The van der Waals surface area contributed by atoms with E-state index in [0.717, 1.165) is 0 Å². The zero-order valence-corrected chi connectivity index (χ0v) is 8.09. The molecular weight excluding hydrogens is 156 g/mol. The molecule has 1 aliphatic heterocycles. The van der Waals surface area contributed by atoms with E-state index in [1.54, 1.807) is 6.92 Å². The van der Waals surface area contributed by atoms with Crippen LogP contribution in [0.3, 0.4) is 0 Å². The van der Waals surface area contributed by atoms with Gasteiger partial charge in [0, 0.05) is 13.2 Å².